The molecule has 0 atom stereocenters. The minimum atomic E-state index is -3.15. The summed E-state index contributed by atoms with van der Waals surface area (Å²) < 4.78 is 32.4. The van der Waals surface area contributed by atoms with Crippen LogP contribution in [0.15, 0.2) is 212 Å². The van der Waals surface area contributed by atoms with Gasteiger partial charge in [-0.2, -0.15) is 8.78 Å². The molecule has 0 fully saturated rings. The Morgan fingerprint density at radius 3 is 1.07 bits per heavy atom. The molecule has 1 heterocycles. The molecule has 0 radical (unpaired) electrons. The molecule has 0 bridgehead atoms. The van der Waals surface area contributed by atoms with Crippen LogP contribution >= 0.6 is 0 Å². The lowest BCUT2D eigenvalue weighted by atomic mass is 9.97. The third-order valence-corrected chi connectivity index (χ3v) is 16.0. The molecule has 58 heavy (non-hydrogen) atoms. The fourth-order valence-electron chi connectivity index (χ4n) is 8.46. The first kappa shape index (κ1) is 35.3. The summed E-state index contributed by atoms with van der Waals surface area (Å²) in [5.74, 6) is -1.70. The van der Waals surface area contributed by atoms with Crippen LogP contribution in [0.3, 0.4) is 0 Å². The SMILES string of the molecule is FC1(F)c2ccc(-c3ccc([Si](c4ccccc4)(c4ccccc4)c4ccccc4)cc3)cc2-c2cc(-c3nc(-c4ccccc4)nc(-c4ccccc4)n3)ccc21. The van der Waals surface area contributed by atoms with Gasteiger partial charge < -0.3 is 0 Å². The predicted octanol–water partition coefficient (Wildman–Crippen LogP) is 10.0. The number of fused-ring (bicyclic) bond motifs is 3. The summed E-state index contributed by atoms with van der Waals surface area (Å²) in [6, 6.07) is 70.9. The first-order valence-corrected chi connectivity index (χ1v) is 21.3. The van der Waals surface area contributed by atoms with Crippen molar-refractivity contribution in [1.82, 2.24) is 15.0 Å². The second-order valence-corrected chi connectivity index (χ2v) is 18.4. The van der Waals surface area contributed by atoms with E-state index in [1.54, 1.807) is 18.2 Å². The molecule has 0 saturated heterocycles. The molecule has 1 aromatic heterocycles. The van der Waals surface area contributed by atoms with Crippen molar-refractivity contribution in [3.63, 3.8) is 0 Å². The van der Waals surface area contributed by atoms with Crippen LogP contribution in [0.25, 0.3) is 56.4 Å². The van der Waals surface area contributed by atoms with E-state index in [0.29, 0.717) is 34.2 Å². The van der Waals surface area contributed by atoms with Gasteiger partial charge >= 0.3 is 0 Å². The van der Waals surface area contributed by atoms with Gasteiger partial charge in [0, 0.05) is 27.8 Å². The number of rotatable bonds is 8. The second-order valence-electron chi connectivity index (χ2n) is 14.6. The quantitative estimate of drug-likeness (QED) is 0.114. The van der Waals surface area contributed by atoms with E-state index in [4.69, 9.17) is 15.0 Å². The Morgan fingerprint density at radius 2 is 0.638 bits per heavy atom. The Labute approximate surface area is 337 Å². The van der Waals surface area contributed by atoms with Crippen molar-refractivity contribution >= 4 is 28.8 Å². The predicted molar refractivity (Wildman–Crippen MR) is 234 cm³/mol. The van der Waals surface area contributed by atoms with Crippen LogP contribution in [0.5, 0.6) is 0 Å². The van der Waals surface area contributed by atoms with Gasteiger partial charge in [-0.25, -0.2) is 15.0 Å². The van der Waals surface area contributed by atoms with E-state index in [0.717, 1.165) is 22.3 Å². The summed E-state index contributed by atoms with van der Waals surface area (Å²) >= 11 is 0. The van der Waals surface area contributed by atoms with Crippen LogP contribution in [0, 0.1) is 0 Å². The molecule has 10 rings (SSSR count). The fourth-order valence-corrected chi connectivity index (χ4v) is 13.2. The highest BCUT2D eigenvalue weighted by atomic mass is 28.3. The van der Waals surface area contributed by atoms with Crippen molar-refractivity contribution in [3.8, 4) is 56.4 Å². The van der Waals surface area contributed by atoms with Gasteiger partial charge in [0.2, 0.25) is 0 Å². The Kier molecular flexibility index (Phi) is 8.76. The number of hydrogen-bond acceptors (Lipinski definition) is 3. The number of benzene rings is 8. The molecule has 0 unspecified atom stereocenters. The topological polar surface area (TPSA) is 38.7 Å². The van der Waals surface area contributed by atoms with E-state index in [2.05, 4.69) is 115 Å². The summed E-state index contributed by atoms with van der Waals surface area (Å²) in [6.45, 7) is 0. The van der Waals surface area contributed by atoms with Crippen molar-refractivity contribution in [3.05, 3.63) is 223 Å². The first-order chi connectivity index (χ1) is 28.5. The molecule has 0 spiro atoms. The van der Waals surface area contributed by atoms with E-state index in [-0.39, 0.29) is 11.1 Å². The lowest BCUT2D eigenvalue weighted by molar-refractivity contribution is 0.0480. The summed E-state index contributed by atoms with van der Waals surface area (Å²) in [5.41, 5.74) is 5.09. The van der Waals surface area contributed by atoms with Crippen LogP contribution in [-0.2, 0) is 5.92 Å². The van der Waals surface area contributed by atoms with Gasteiger partial charge in [0.15, 0.2) is 25.5 Å². The van der Waals surface area contributed by atoms with Crippen molar-refractivity contribution in [2.75, 3.05) is 0 Å². The number of halogens is 2. The van der Waals surface area contributed by atoms with Crippen LogP contribution in [0.1, 0.15) is 11.1 Å². The molecule has 0 saturated carbocycles. The molecule has 0 amide bonds. The molecule has 0 N–H and O–H groups in total. The van der Waals surface area contributed by atoms with Crippen molar-refractivity contribution in [1.29, 1.82) is 0 Å². The highest BCUT2D eigenvalue weighted by Crippen LogP contribution is 2.52. The molecule has 6 heteroatoms. The Bertz CT molecular complexity index is 2740. The Balaban J connectivity index is 1.08. The molecule has 1 aliphatic rings. The van der Waals surface area contributed by atoms with Crippen molar-refractivity contribution in [2.45, 2.75) is 5.92 Å². The number of nitrogens with zero attached hydrogens (tertiary/aromatic N) is 3. The normalized spacial score (nSPS) is 12.8. The lowest BCUT2D eigenvalue weighted by Crippen LogP contribution is -2.74. The van der Waals surface area contributed by atoms with Gasteiger partial charge in [0.1, 0.15) is 0 Å². The van der Waals surface area contributed by atoms with Crippen molar-refractivity contribution < 1.29 is 8.78 Å². The molecular weight excluding hydrogens is 733 g/mol. The zero-order valence-electron chi connectivity index (χ0n) is 31.3. The van der Waals surface area contributed by atoms with Crippen LogP contribution in [0.2, 0.25) is 0 Å². The van der Waals surface area contributed by atoms with Crippen LogP contribution < -0.4 is 20.7 Å². The summed E-state index contributed by atoms with van der Waals surface area (Å²) in [4.78, 5) is 14.5. The minimum absolute atomic E-state index is 0.00530. The molecule has 0 aliphatic heterocycles. The lowest BCUT2D eigenvalue weighted by Gasteiger charge is -2.34. The third-order valence-electron chi connectivity index (χ3n) is 11.2. The smallest absolute Gasteiger partial charge is 0.208 e. The third kappa shape index (κ3) is 5.97. The average molecular weight is 768 g/mol. The monoisotopic (exact) mass is 767 g/mol. The van der Waals surface area contributed by atoms with Gasteiger partial charge in [0.05, 0.1) is 0 Å². The van der Waals surface area contributed by atoms with E-state index in [9.17, 15) is 0 Å². The Hall–Kier alpha value is -7.15. The fraction of sp³-hybridized carbons (Fsp3) is 0.0192. The van der Waals surface area contributed by atoms with Crippen LogP contribution in [0.4, 0.5) is 8.78 Å². The highest BCUT2D eigenvalue weighted by molar-refractivity contribution is 7.19. The van der Waals surface area contributed by atoms with Gasteiger partial charge in [-0.1, -0.05) is 200 Å². The maximum Gasteiger partial charge on any atom is 0.299 e. The zero-order chi connectivity index (χ0) is 39.1. The molecule has 3 nitrogen and oxygen atoms in total. The molecule has 9 aromatic rings. The van der Waals surface area contributed by atoms with Crippen molar-refractivity contribution in [2.24, 2.45) is 0 Å². The number of alkyl halides is 2. The average Bonchev–Trinajstić information content (AvgIpc) is 3.53. The standard InChI is InChI=1S/C52H35F2N3Si/c53-52(54)47-32-28-39(36-26-30-44(31-27-36)58(41-20-10-3-11-21-41,42-22-12-4-13-23-42)43-24-14-5-15-25-43)34-45(47)46-35-40(29-33-48(46)52)51-56-49(37-16-6-1-7-17-37)55-50(57-51)38-18-8-2-9-19-38/h1-35H. The van der Waals surface area contributed by atoms with E-state index in [1.807, 2.05) is 72.8 Å². The molecule has 1 aliphatic carbocycles. The van der Waals surface area contributed by atoms with Gasteiger partial charge in [-0.3, -0.25) is 0 Å². The molecule has 276 valence electrons. The number of aromatic nitrogens is 3. The van der Waals surface area contributed by atoms with Crippen LogP contribution in [-0.4, -0.2) is 23.0 Å². The van der Waals surface area contributed by atoms with Gasteiger partial charge in [-0.15, -0.1) is 0 Å². The minimum Gasteiger partial charge on any atom is -0.208 e. The largest absolute Gasteiger partial charge is 0.299 e. The van der Waals surface area contributed by atoms with E-state index in [1.165, 1.54) is 26.8 Å². The number of hydrogen-bond donors (Lipinski definition) is 0. The molecule has 8 aromatic carbocycles. The second kappa shape index (κ2) is 14.4. The van der Waals surface area contributed by atoms with E-state index < -0.39 is 14.0 Å². The summed E-state index contributed by atoms with van der Waals surface area (Å²) in [5, 5.41) is 5.11. The highest BCUT2D eigenvalue weighted by Gasteiger charge is 2.45. The first-order valence-electron chi connectivity index (χ1n) is 19.3. The van der Waals surface area contributed by atoms with Gasteiger partial charge in [-0.05, 0) is 55.1 Å². The zero-order valence-corrected chi connectivity index (χ0v) is 32.3. The summed E-state index contributed by atoms with van der Waals surface area (Å²) in [6.07, 6.45) is 0. The maximum absolute atomic E-state index is 16.2. The summed E-state index contributed by atoms with van der Waals surface area (Å²) in [7, 11) is -2.71. The van der Waals surface area contributed by atoms with E-state index >= 15 is 8.78 Å². The Morgan fingerprint density at radius 1 is 0.310 bits per heavy atom. The maximum atomic E-state index is 16.2. The molecular formula is C52H35F2N3Si. The van der Waals surface area contributed by atoms with Gasteiger partial charge in [0.25, 0.3) is 5.92 Å².